The van der Waals surface area contributed by atoms with Crippen molar-refractivity contribution >= 4 is 21.7 Å². The molecular formula is C17H24N2O5S. The highest BCUT2D eigenvalue weighted by Crippen LogP contribution is 2.22. The Labute approximate surface area is 148 Å². The highest BCUT2D eigenvalue weighted by Gasteiger charge is 2.36. The van der Waals surface area contributed by atoms with Crippen LogP contribution in [-0.4, -0.2) is 55.3 Å². The SMILES string of the molecule is CCC(C)N(C(=O)COc1ccccc1C(N)=O)C1CCS(=O)(=O)C1. The number of sulfone groups is 1. The molecule has 1 saturated heterocycles. The molecule has 1 aromatic carbocycles. The van der Waals surface area contributed by atoms with Crippen LogP contribution in [0.2, 0.25) is 0 Å². The predicted octanol–water partition coefficient (Wildman–Crippen LogP) is 0.979. The number of benzene rings is 1. The molecule has 0 aromatic heterocycles. The summed E-state index contributed by atoms with van der Waals surface area (Å²) in [6, 6.07) is 6.01. The zero-order valence-electron chi connectivity index (χ0n) is 14.5. The molecule has 2 atom stereocenters. The van der Waals surface area contributed by atoms with Crippen LogP contribution in [0.3, 0.4) is 0 Å². The number of carbonyl (C=O) groups is 2. The van der Waals surface area contributed by atoms with Gasteiger partial charge in [-0.05, 0) is 31.9 Å². The van der Waals surface area contributed by atoms with Gasteiger partial charge in [0.2, 0.25) is 0 Å². The maximum atomic E-state index is 12.7. The van der Waals surface area contributed by atoms with Gasteiger partial charge in [0.15, 0.2) is 16.4 Å². The van der Waals surface area contributed by atoms with Crippen molar-refractivity contribution in [2.75, 3.05) is 18.1 Å². The van der Waals surface area contributed by atoms with Gasteiger partial charge >= 0.3 is 0 Å². The van der Waals surface area contributed by atoms with Crippen molar-refractivity contribution in [3.63, 3.8) is 0 Å². The van der Waals surface area contributed by atoms with E-state index in [1.165, 1.54) is 6.07 Å². The molecule has 0 radical (unpaired) electrons. The Balaban J connectivity index is 2.12. The van der Waals surface area contributed by atoms with Crippen molar-refractivity contribution < 1.29 is 22.7 Å². The maximum absolute atomic E-state index is 12.7. The molecule has 138 valence electrons. The van der Waals surface area contributed by atoms with E-state index in [0.29, 0.717) is 12.8 Å². The van der Waals surface area contributed by atoms with E-state index in [9.17, 15) is 18.0 Å². The number of primary amides is 1. The zero-order valence-corrected chi connectivity index (χ0v) is 15.3. The van der Waals surface area contributed by atoms with Gasteiger partial charge < -0.3 is 15.4 Å². The lowest BCUT2D eigenvalue weighted by atomic mass is 10.1. The van der Waals surface area contributed by atoms with Crippen LogP contribution < -0.4 is 10.5 Å². The summed E-state index contributed by atoms with van der Waals surface area (Å²) < 4.78 is 29.0. The first kappa shape index (κ1) is 19.2. The van der Waals surface area contributed by atoms with Crippen molar-refractivity contribution in [3.8, 4) is 5.75 Å². The molecule has 8 heteroatoms. The topological polar surface area (TPSA) is 107 Å². The fraction of sp³-hybridized carbons (Fsp3) is 0.529. The van der Waals surface area contributed by atoms with Crippen LogP contribution in [0, 0.1) is 0 Å². The van der Waals surface area contributed by atoms with E-state index < -0.39 is 15.7 Å². The number of nitrogens with zero attached hydrogens (tertiary/aromatic N) is 1. The number of nitrogens with two attached hydrogens (primary N) is 1. The fourth-order valence-corrected chi connectivity index (χ4v) is 4.72. The average molecular weight is 368 g/mol. The summed E-state index contributed by atoms with van der Waals surface area (Å²) in [5.74, 6) is -0.601. The molecule has 1 aliphatic heterocycles. The van der Waals surface area contributed by atoms with Crippen LogP contribution >= 0.6 is 0 Å². The van der Waals surface area contributed by atoms with Gasteiger partial charge in [-0.2, -0.15) is 0 Å². The van der Waals surface area contributed by atoms with Crippen molar-refractivity contribution in [2.45, 2.75) is 38.8 Å². The number of hydrogen-bond acceptors (Lipinski definition) is 5. The third kappa shape index (κ3) is 4.72. The first-order valence-corrected chi connectivity index (χ1v) is 10.1. The van der Waals surface area contributed by atoms with Gasteiger partial charge in [0.25, 0.3) is 11.8 Å². The molecule has 7 nitrogen and oxygen atoms in total. The highest BCUT2D eigenvalue weighted by atomic mass is 32.2. The second kappa shape index (κ2) is 7.86. The third-order valence-corrected chi connectivity index (χ3v) is 6.21. The summed E-state index contributed by atoms with van der Waals surface area (Å²) in [5, 5.41) is 0. The van der Waals surface area contributed by atoms with Gasteiger partial charge in [-0.25, -0.2) is 8.42 Å². The second-order valence-corrected chi connectivity index (χ2v) is 8.49. The van der Waals surface area contributed by atoms with Gasteiger partial charge in [-0.3, -0.25) is 9.59 Å². The Bertz CT molecular complexity index is 747. The Hall–Kier alpha value is -2.09. The standard InChI is InChI=1S/C17H24N2O5S/c1-3-12(2)19(13-8-9-25(22,23)11-13)16(20)10-24-15-7-5-4-6-14(15)17(18)21/h4-7,12-13H,3,8-11H2,1-2H3,(H2,18,21). The van der Waals surface area contributed by atoms with E-state index in [2.05, 4.69) is 0 Å². The smallest absolute Gasteiger partial charge is 0.261 e. The molecule has 1 fully saturated rings. The number of amides is 2. The number of ether oxygens (including phenoxy) is 1. The van der Waals surface area contributed by atoms with Gasteiger partial charge in [-0.15, -0.1) is 0 Å². The Kier molecular flexibility index (Phi) is 6.05. The molecule has 0 spiro atoms. The molecule has 2 N–H and O–H groups in total. The molecule has 1 aromatic rings. The number of rotatable bonds is 7. The molecule has 1 aliphatic rings. The largest absolute Gasteiger partial charge is 0.483 e. The molecular weight excluding hydrogens is 344 g/mol. The molecule has 0 saturated carbocycles. The zero-order chi connectivity index (χ0) is 18.6. The molecule has 1 heterocycles. The van der Waals surface area contributed by atoms with Crippen molar-refractivity contribution in [2.24, 2.45) is 5.73 Å². The minimum atomic E-state index is -3.10. The lowest BCUT2D eigenvalue weighted by Crippen LogP contribution is -2.48. The van der Waals surface area contributed by atoms with Crippen molar-refractivity contribution in [1.82, 2.24) is 4.90 Å². The summed E-state index contributed by atoms with van der Waals surface area (Å²) in [6.45, 7) is 3.56. The Morgan fingerprint density at radius 1 is 1.36 bits per heavy atom. The lowest BCUT2D eigenvalue weighted by molar-refractivity contribution is -0.137. The fourth-order valence-electron chi connectivity index (χ4n) is 3.01. The van der Waals surface area contributed by atoms with Crippen LogP contribution in [0.5, 0.6) is 5.75 Å². The Morgan fingerprint density at radius 3 is 2.60 bits per heavy atom. The van der Waals surface area contributed by atoms with Crippen LogP contribution in [0.15, 0.2) is 24.3 Å². The summed E-state index contributed by atoms with van der Waals surface area (Å²) in [7, 11) is -3.10. The van der Waals surface area contributed by atoms with Crippen LogP contribution in [0.4, 0.5) is 0 Å². The lowest BCUT2D eigenvalue weighted by Gasteiger charge is -2.33. The summed E-state index contributed by atoms with van der Waals surface area (Å²) in [5.41, 5.74) is 5.50. The third-order valence-electron chi connectivity index (χ3n) is 4.46. The minimum Gasteiger partial charge on any atom is -0.483 e. The second-order valence-electron chi connectivity index (χ2n) is 6.26. The van der Waals surface area contributed by atoms with Crippen LogP contribution in [0.1, 0.15) is 37.0 Å². The number of para-hydroxylation sites is 1. The normalized spacial score (nSPS) is 20.0. The van der Waals surface area contributed by atoms with Gasteiger partial charge in [0, 0.05) is 12.1 Å². The first-order valence-electron chi connectivity index (χ1n) is 8.28. The molecule has 25 heavy (non-hydrogen) atoms. The monoisotopic (exact) mass is 368 g/mol. The van der Waals surface area contributed by atoms with E-state index in [1.807, 2.05) is 13.8 Å². The van der Waals surface area contributed by atoms with Crippen LogP contribution in [-0.2, 0) is 14.6 Å². The van der Waals surface area contributed by atoms with Crippen LogP contribution in [0.25, 0.3) is 0 Å². The quantitative estimate of drug-likeness (QED) is 0.772. The Morgan fingerprint density at radius 2 is 2.04 bits per heavy atom. The van der Waals surface area contributed by atoms with Gasteiger partial charge in [-0.1, -0.05) is 19.1 Å². The first-order chi connectivity index (χ1) is 11.7. The van der Waals surface area contributed by atoms with E-state index in [4.69, 9.17) is 10.5 Å². The molecule has 2 rings (SSSR count). The molecule has 0 bridgehead atoms. The summed E-state index contributed by atoms with van der Waals surface area (Å²) >= 11 is 0. The molecule has 2 amide bonds. The average Bonchev–Trinajstić information content (AvgIpc) is 2.92. The van der Waals surface area contributed by atoms with E-state index >= 15 is 0 Å². The minimum absolute atomic E-state index is 0.0129. The summed E-state index contributed by atoms with van der Waals surface area (Å²) in [4.78, 5) is 25.7. The van der Waals surface area contributed by atoms with E-state index in [0.717, 1.165) is 0 Å². The van der Waals surface area contributed by atoms with E-state index in [1.54, 1.807) is 23.1 Å². The maximum Gasteiger partial charge on any atom is 0.261 e. The van der Waals surface area contributed by atoms with E-state index in [-0.39, 0.29) is 47.4 Å². The number of carbonyl (C=O) groups excluding carboxylic acids is 2. The molecule has 2 unspecified atom stereocenters. The number of hydrogen-bond donors (Lipinski definition) is 1. The summed E-state index contributed by atoms with van der Waals surface area (Å²) in [6.07, 6.45) is 1.15. The highest BCUT2D eigenvalue weighted by molar-refractivity contribution is 7.91. The molecule has 0 aliphatic carbocycles. The predicted molar refractivity (Wildman–Crippen MR) is 94.1 cm³/mol. The van der Waals surface area contributed by atoms with Crippen molar-refractivity contribution in [3.05, 3.63) is 29.8 Å². The van der Waals surface area contributed by atoms with Gasteiger partial charge in [0.05, 0.1) is 17.1 Å². The van der Waals surface area contributed by atoms with Crippen molar-refractivity contribution in [1.29, 1.82) is 0 Å². The van der Waals surface area contributed by atoms with Gasteiger partial charge in [0.1, 0.15) is 5.75 Å².